The minimum atomic E-state index is -3.38. The number of nitriles is 1. The topological polar surface area (TPSA) is 113 Å². The fourth-order valence-electron chi connectivity index (χ4n) is 2.77. The molecular weight excluding hydrogens is 326 g/mol. The van der Waals surface area contributed by atoms with Gasteiger partial charge in [0.15, 0.2) is 0 Å². The first-order chi connectivity index (χ1) is 11.3. The summed E-state index contributed by atoms with van der Waals surface area (Å²) in [6.45, 7) is 0. The Labute approximate surface area is 143 Å². The highest BCUT2D eigenvalue weighted by Gasteiger charge is 2.45. The van der Waals surface area contributed by atoms with Gasteiger partial charge < -0.3 is 5.32 Å². The van der Waals surface area contributed by atoms with Gasteiger partial charge in [0.25, 0.3) is 0 Å². The van der Waals surface area contributed by atoms with Crippen LogP contribution in [0.3, 0.4) is 0 Å². The number of sulfonamides is 1. The predicted molar refractivity (Wildman–Crippen MR) is 91.3 cm³/mol. The molecule has 6 nitrogen and oxygen atoms in total. The van der Waals surface area contributed by atoms with Crippen molar-refractivity contribution in [3.63, 3.8) is 0 Å². The Balaban J connectivity index is 1.73. The summed E-state index contributed by atoms with van der Waals surface area (Å²) in [5.41, 5.74) is 1.28. The summed E-state index contributed by atoms with van der Waals surface area (Å²) in [5, 5.41) is 17.0. The molecule has 1 aliphatic rings. The van der Waals surface area contributed by atoms with E-state index in [1.165, 1.54) is 0 Å². The van der Waals surface area contributed by atoms with Gasteiger partial charge in [0.05, 0.1) is 22.9 Å². The molecule has 130 valence electrons. The van der Waals surface area contributed by atoms with Gasteiger partial charge in [0, 0.05) is 6.42 Å². The van der Waals surface area contributed by atoms with Crippen molar-refractivity contribution in [1.82, 2.24) is 5.32 Å². The number of unbranched alkanes of at least 4 members (excludes halogenated alkanes) is 3. The van der Waals surface area contributed by atoms with Crippen molar-refractivity contribution in [2.24, 2.45) is 5.14 Å². The predicted octanol–water partition coefficient (Wildman–Crippen LogP) is 1.90. The molecule has 0 heterocycles. The zero-order chi connectivity index (χ0) is 17.6. The quantitative estimate of drug-likeness (QED) is 0.663. The molecular formula is C17H23N3O3S. The number of nitrogens with one attached hydrogen (secondary N) is 1. The molecule has 2 rings (SSSR count). The van der Waals surface area contributed by atoms with Crippen molar-refractivity contribution < 1.29 is 13.2 Å². The molecule has 0 saturated heterocycles. The van der Waals surface area contributed by atoms with Gasteiger partial charge in [-0.3, -0.25) is 4.79 Å². The highest BCUT2D eigenvalue weighted by atomic mass is 32.2. The smallest absolute Gasteiger partial charge is 0.220 e. The molecule has 0 spiro atoms. The summed E-state index contributed by atoms with van der Waals surface area (Å²) in [4.78, 5) is 12.1. The van der Waals surface area contributed by atoms with E-state index in [1.807, 2.05) is 18.2 Å². The summed E-state index contributed by atoms with van der Waals surface area (Å²) in [7, 11) is -3.38. The van der Waals surface area contributed by atoms with Crippen molar-refractivity contribution in [2.45, 2.75) is 50.5 Å². The highest BCUT2D eigenvalue weighted by Crippen LogP contribution is 2.45. The summed E-state index contributed by atoms with van der Waals surface area (Å²) < 4.78 is 21.6. The first-order valence-electron chi connectivity index (χ1n) is 8.17. The molecule has 0 aliphatic heterocycles. The average Bonchev–Trinajstić information content (AvgIpc) is 3.30. The summed E-state index contributed by atoms with van der Waals surface area (Å²) >= 11 is 0. The molecule has 1 amide bonds. The van der Waals surface area contributed by atoms with Crippen molar-refractivity contribution in [1.29, 1.82) is 5.26 Å². The Bertz CT molecular complexity index is 734. The van der Waals surface area contributed by atoms with E-state index in [0.717, 1.165) is 37.7 Å². The number of carbonyl (C=O) groups excluding carboxylic acids is 1. The molecule has 0 unspecified atom stereocenters. The molecule has 7 heteroatoms. The van der Waals surface area contributed by atoms with Gasteiger partial charge in [0.1, 0.15) is 0 Å². The normalized spacial score (nSPS) is 15.5. The van der Waals surface area contributed by atoms with E-state index in [1.54, 1.807) is 6.07 Å². The van der Waals surface area contributed by atoms with Gasteiger partial charge >= 0.3 is 0 Å². The number of rotatable bonds is 9. The van der Waals surface area contributed by atoms with Gasteiger partial charge in [-0.2, -0.15) is 5.26 Å². The molecule has 1 saturated carbocycles. The molecule has 1 aromatic rings. The first kappa shape index (κ1) is 18.4. The van der Waals surface area contributed by atoms with E-state index in [4.69, 9.17) is 10.4 Å². The molecule has 0 aromatic heterocycles. The van der Waals surface area contributed by atoms with Crippen LogP contribution in [0.5, 0.6) is 0 Å². The third-order valence-electron chi connectivity index (χ3n) is 4.26. The number of amides is 1. The molecule has 0 bridgehead atoms. The third-order valence-corrected chi connectivity index (χ3v) is 5.11. The largest absolute Gasteiger partial charge is 0.347 e. The summed E-state index contributed by atoms with van der Waals surface area (Å²) in [6.07, 6.45) is 5.02. The van der Waals surface area contributed by atoms with Crippen molar-refractivity contribution >= 4 is 15.9 Å². The van der Waals surface area contributed by atoms with Crippen molar-refractivity contribution in [3.8, 4) is 6.07 Å². The van der Waals surface area contributed by atoms with Gasteiger partial charge in [-0.05, 0) is 43.4 Å². The molecule has 1 aliphatic carbocycles. The van der Waals surface area contributed by atoms with Crippen LogP contribution in [0, 0.1) is 11.3 Å². The SMILES string of the molecule is N#Cc1cccc(C2(NC(=O)CCCCCCS(N)(=O)=O)CC2)c1. The van der Waals surface area contributed by atoms with Crippen LogP contribution in [0.25, 0.3) is 0 Å². The second-order valence-electron chi connectivity index (χ2n) is 6.35. The second-order valence-corrected chi connectivity index (χ2v) is 8.09. The van der Waals surface area contributed by atoms with Crippen LogP contribution in [0.15, 0.2) is 24.3 Å². The van der Waals surface area contributed by atoms with Crippen LogP contribution in [-0.2, 0) is 20.4 Å². The maximum atomic E-state index is 12.1. The molecule has 24 heavy (non-hydrogen) atoms. The van der Waals surface area contributed by atoms with Gasteiger partial charge in [0.2, 0.25) is 15.9 Å². The number of nitrogens with zero attached hydrogens (tertiary/aromatic N) is 1. The number of benzene rings is 1. The molecule has 1 aromatic carbocycles. The number of hydrogen-bond acceptors (Lipinski definition) is 4. The lowest BCUT2D eigenvalue weighted by atomic mass is 10.0. The minimum absolute atomic E-state index is 0.00121. The van der Waals surface area contributed by atoms with Crippen LogP contribution in [-0.4, -0.2) is 20.1 Å². The monoisotopic (exact) mass is 349 g/mol. The fraction of sp³-hybridized carbons (Fsp3) is 0.529. The minimum Gasteiger partial charge on any atom is -0.347 e. The van der Waals surface area contributed by atoms with E-state index < -0.39 is 10.0 Å². The zero-order valence-corrected chi connectivity index (χ0v) is 14.4. The molecule has 3 N–H and O–H groups in total. The Morgan fingerprint density at radius 2 is 1.96 bits per heavy atom. The lowest BCUT2D eigenvalue weighted by Crippen LogP contribution is -2.34. The van der Waals surface area contributed by atoms with Crippen LogP contribution in [0.1, 0.15) is 56.1 Å². The van der Waals surface area contributed by atoms with Crippen LogP contribution < -0.4 is 10.5 Å². The van der Waals surface area contributed by atoms with E-state index in [2.05, 4.69) is 11.4 Å². The number of primary sulfonamides is 1. The van der Waals surface area contributed by atoms with E-state index in [0.29, 0.717) is 18.4 Å². The van der Waals surface area contributed by atoms with Crippen molar-refractivity contribution in [3.05, 3.63) is 35.4 Å². The lowest BCUT2D eigenvalue weighted by molar-refractivity contribution is -0.122. The Morgan fingerprint density at radius 3 is 2.58 bits per heavy atom. The Kier molecular flexibility index (Phi) is 5.97. The summed E-state index contributed by atoms with van der Waals surface area (Å²) in [6, 6.07) is 9.49. The standard InChI is InChI=1S/C17H23N3O3S/c18-13-14-6-5-7-15(12-14)17(9-10-17)20-16(21)8-3-1-2-4-11-24(19,22)23/h5-7,12H,1-4,8-11H2,(H,20,21)(H2,19,22,23). The van der Waals surface area contributed by atoms with Gasteiger partial charge in [-0.15, -0.1) is 0 Å². The second kappa shape index (κ2) is 7.77. The van der Waals surface area contributed by atoms with Crippen LogP contribution >= 0.6 is 0 Å². The number of nitrogens with two attached hydrogens (primary N) is 1. The Hall–Kier alpha value is -1.91. The maximum absolute atomic E-state index is 12.1. The zero-order valence-electron chi connectivity index (χ0n) is 13.6. The van der Waals surface area contributed by atoms with Gasteiger partial charge in [-0.1, -0.05) is 25.0 Å². The lowest BCUT2D eigenvalue weighted by Gasteiger charge is -2.18. The van der Waals surface area contributed by atoms with E-state index in [-0.39, 0.29) is 17.2 Å². The molecule has 1 fully saturated rings. The molecule has 0 radical (unpaired) electrons. The third kappa shape index (κ3) is 5.62. The van der Waals surface area contributed by atoms with Crippen molar-refractivity contribution in [2.75, 3.05) is 5.75 Å². The number of carbonyl (C=O) groups is 1. The van der Waals surface area contributed by atoms with E-state index in [9.17, 15) is 13.2 Å². The van der Waals surface area contributed by atoms with Crippen LogP contribution in [0.2, 0.25) is 0 Å². The number of hydrogen-bond donors (Lipinski definition) is 2. The highest BCUT2D eigenvalue weighted by molar-refractivity contribution is 7.89. The summed E-state index contributed by atoms with van der Waals surface area (Å²) in [5.74, 6) is -0.00123. The van der Waals surface area contributed by atoms with Gasteiger partial charge in [-0.25, -0.2) is 13.6 Å². The molecule has 0 atom stereocenters. The average molecular weight is 349 g/mol. The maximum Gasteiger partial charge on any atom is 0.220 e. The van der Waals surface area contributed by atoms with Crippen LogP contribution in [0.4, 0.5) is 0 Å². The van der Waals surface area contributed by atoms with E-state index >= 15 is 0 Å². The first-order valence-corrected chi connectivity index (χ1v) is 9.88. The Morgan fingerprint density at radius 1 is 1.25 bits per heavy atom. The fourth-order valence-corrected chi connectivity index (χ4v) is 3.38.